The Bertz CT molecular complexity index is 893. The minimum absolute atomic E-state index is 0.165. The van der Waals surface area contributed by atoms with Crippen molar-refractivity contribution < 1.29 is 31.9 Å². The van der Waals surface area contributed by atoms with E-state index in [-0.39, 0.29) is 37.8 Å². The zero-order chi connectivity index (χ0) is 21.8. The number of rotatable bonds is 6. The Hall–Kier alpha value is -2.04. The van der Waals surface area contributed by atoms with Crippen LogP contribution in [0.4, 0.5) is 4.39 Å². The fourth-order valence-corrected chi connectivity index (χ4v) is 5.30. The van der Waals surface area contributed by atoms with Crippen LogP contribution in [0.1, 0.15) is 49.4 Å². The molecule has 1 aromatic carbocycles. The highest BCUT2D eigenvalue weighted by atomic mass is 32.2. The van der Waals surface area contributed by atoms with E-state index in [1.54, 1.807) is 6.92 Å². The quantitative estimate of drug-likeness (QED) is 0.675. The Morgan fingerprint density at radius 2 is 1.87 bits per heavy atom. The van der Waals surface area contributed by atoms with E-state index in [9.17, 15) is 22.4 Å². The summed E-state index contributed by atoms with van der Waals surface area (Å²) in [5.41, 5.74) is -1.64. The lowest BCUT2D eigenvalue weighted by Gasteiger charge is -2.35. The molecule has 30 heavy (non-hydrogen) atoms. The van der Waals surface area contributed by atoms with Gasteiger partial charge in [-0.2, -0.15) is 4.31 Å². The van der Waals surface area contributed by atoms with Gasteiger partial charge in [-0.3, -0.25) is 4.79 Å². The van der Waals surface area contributed by atoms with Crippen molar-refractivity contribution in [3.63, 3.8) is 0 Å². The van der Waals surface area contributed by atoms with E-state index in [0.29, 0.717) is 12.8 Å². The highest BCUT2D eigenvalue weighted by molar-refractivity contribution is 7.89. The van der Waals surface area contributed by atoms with Crippen molar-refractivity contribution in [2.75, 3.05) is 32.9 Å². The summed E-state index contributed by atoms with van der Waals surface area (Å²) in [6, 6.07) is 3.12. The SMILES string of the molecule is CCOC(=O)C1(NC(=O)c2cc(S(=O)(=O)N3CCOCC3)ccc2F)CCCCC1. The predicted octanol–water partition coefficient (Wildman–Crippen LogP) is 1.84. The lowest BCUT2D eigenvalue weighted by molar-refractivity contribution is -0.152. The second-order valence-electron chi connectivity index (χ2n) is 7.48. The first-order chi connectivity index (χ1) is 14.3. The van der Waals surface area contributed by atoms with Gasteiger partial charge in [-0.1, -0.05) is 19.3 Å². The first kappa shape index (κ1) is 22.6. The van der Waals surface area contributed by atoms with Crippen LogP contribution in [0.3, 0.4) is 0 Å². The molecule has 1 aliphatic heterocycles. The molecule has 0 bridgehead atoms. The van der Waals surface area contributed by atoms with Crippen molar-refractivity contribution in [1.82, 2.24) is 9.62 Å². The Morgan fingerprint density at radius 3 is 2.50 bits per heavy atom. The number of halogens is 1. The fraction of sp³-hybridized carbons (Fsp3) is 0.600. The number of morpholine rings is 1. The first-order valence-corrected chi connectivity index (χ1v) is 11.6. The number of hydrogen-bond donors (Lipinski definition) is 1. The van der Waals surface area contributed by atoms with Crippen molar-refractivity contribution in [2.24, 2.45) is 0 Å². The molecule has 1 aliphatic carbocycles. The molecule has 0 atom stereocenters. The summed E-state index contributed by atoms with van der Waals surface area (Å²) in [5, 5.41) is 2.65. The predicted molar refractivity (Wildman–Crippen MR) is 106 cm³/mol. The van der Waals surface area contributed by atoms with E-state index in [0.717, 1.165) is 37.5 Å². The molecular formula is C20H27FN2O6S. The topological polar surface area (TPSA) is 102 Å². The lowest BCUT2D eigenvalue weighted by atomic mass is 9.81. The minimum atomic E-state index is -3.89. The van der Waals surface area contributed by atoms with Gasteiger partial charge in [0.15, 0.2) is 0 Å². The van der Waals surface area contributed by atoms with Crippen LogP contribution in [0.15, 0.2) is 23.1 Å². The standard InChI is InChI=1S/C20H27FN2O6S/c1-2-29-19(25)20(8-4-3-5-9-20)22-18(24)16-14-15(6-7-17(16)21)30(26,27)23-10-12-28-13-11-23/h6-7,14H,2-5,8-13H2,1H3,(H,22,24). The molecule has 2 fully saturated rings. The Kier molecular flexibility index (Phi) is 7.10. The van der Waals surface area contributed by atoms with E-state index in [4.69, 9.17) is 9.47 Å². The molecule has 1 N–H and O–H groups in total. The van der Waals surface area contributed by atoms with Crippen LogP contribution in [-0.4, -0.2) is 63.0 Å². The van der Waals surface area contributed by atoms with Gasteiger partial charge >= 0.3 is 5.97 Å². The molecule has 2 aliphatic rings. The number of sulfonamides is 1. The molecule has 1 heterocycles. The third kappa shape index (κ3) is 4.65. The number of esters is 1. The highest BCUT2D eigenvalue weighted by Crippen LogP contribution is 2.30. The third-order valence-corrected chi connectivity index (χ3v) is 7.41. The van der Waals surface area contributed by atoms with E-state index >= 15 is 0 Å². The van der Waals surface area contributed by atoms with Gasteiger partial charge in [0.25, 0.3) is 5.91 Å². The third-order valence-electron chi connectivity index (χ3n) is 5.52. The number of amides is 1. The summed E-state index contributed by atoms with van der Waals surface area (Å²) < 4.78 is 51.8. The van der Waals surface area contributed by atoms with Crippen LogP contribution in [0.5, 0.6) is 0 Å². The number of carbonyl (C=O) groups is 2. The van der Waals surface area contributed by atoms with Crippen molar-refractivity contribution >= 4 is 21.9 Å². The van der Waals surface area contributed by atoms with Crippen molar-refractivity contribution in [3.8, 4) is 0 Å². The van der Waals surface area contributed by atoms with Gasteiger partial charge in [0.05, 0.1) is 30.3 Å². The van der Waals surface area contributed by atoms with Crippen molar-refractivity contribution in [3.05, 3.63) is 29.6 Å². The van der Waals surface area contributed by atoms with Crippen LogP contribution in [0, 0.1) is 5.82 Å². The molecule has 10 heteroatoms. The van der Waals surface area contributed by atoms with Gasteiger partial charge in [-0.25, -0.2) is 17.6 Å². The Balaban J connectivity index is 1.88. The molecule has 1 saturated heterocycles. The summed E-state index contributed by atoms with van der Waals surface area (Å²) >= 11 is 0. The maximum Gasteiger partial charge on any atom is 0.331 e. The maximum atomic E-state index is 14.5. The number of benzene rings is 1. The monoisotopic (exact) mass is 442 g/mol. The number of carbonyl (C=O) groups excluding carboxylic acids is 2. The molecule has 0 radical (unpaired) electrons. The molecule has 1 saturated carbocycles. The molecule has 1 amide bonds. The smallest absolute Gasteiger partial charge is 0.331 e. The fourth-order valence-electron chi connectivity index (χ4n) is 3.86. The van der Waals surface area contributed by atoms with E-state index < -0.39 is 38.8 Å². The second kappa shape index (κ2) is 9.40. The molecule has 0 spiro atoms. The molecule has 0 unspecified atom stereocenters. The summed E-state index contributed by atoms with van der Waals surface area (Å²) in [7, 11) is -3.89. The second-order valence-corrected chi connectivity index (χ2v) is 9.41. The van der Waals surface area contributed by atoms with Crippen molar-refractivity contribution in [1.29, 1.82) is 0 Å². The van der Waals surface area contributed by atoms with Crippen LogP contribution >= 0.6 is 0 Å². The summed E-state index contributed by atoms with van der Waals surface area (Å²) in [6.07, 6.45) is 3.18. The molecule has 0 aromatic heterocycles. The highest BCUT2D eigenvalue weighted by Gasteiger charge is 2.43. The number of nitrogens with zero attached hydrogens (tertiary/aromatic N) is 1. The summed E-state index contributed by atoms with van der Waals surface area (Å²) in [4.78, 5) is 25.3. The molecule has 3 rings (SSSR count). The molecule has 8 nitrogen and oxygen atoms in total. The maximum absolute atomic E-state index is 14.5. The first-order valence-electron chi connectivity index (χ1n) is 10.2. The number of ether oxygens (including phenoxy) is 2. The van der Waals surface area contributed by atoms with E-state index in [2.05, 4.69) is 5.32 Å². The van der Waals surface area contributed by atoms with Gasteiger partial charge in [-0.05, 0) is 38.0 Å². The summed E-state index contributed by atoms with van der Waals surface area (Å²) in [6.45, 7) is 2.76. The summed E-state index contributed by atoms with van der Waals surface area (Å²) in [5.74, 6) is -2.24. The number of hydrogen-bond acceptors (Lipinski definition) is 6. The molecule has 166 valence electrons. The number of nitrogens with one attached hydrogen (secondary N) is 1. The van der Waals surface area contributed by atoms with Gasteiger partial charge in [0.1, 0.15) is 11.4 Å². The minimum Gasteiger partial charge on any atom is -0.464 e. The van der Waals surface area contributed by atoms with Gasteiger partial charge in [0, 0.05) is 13.1 Å². The average molecular weight is 443 g/mol. The molecule has 1 aromatic rings. The normalized spacial score (nSPS) is 19.8. The van der Waals surface area contributed by atoms with Gasteiger partial charge < -0.3 is 14.8 Å². The lowest BCUT2D eigenvalue weighted by Crippen LogP contribution is -2.56. The van der Waals surface area contributed by atoms with Crippen LogP contribution in [-0.2, 0) is 24.3 Å². The Labute approximate surface area is 175 Å². The largest absolute Gasteiger partial charge is 0.464 e. The van der Waals surface area contributed by atoms with Crippen molar-refractivity contribution in [2.45, 2.75) is 49.5 Å². The van der Waals surface area contributed by atoms with Gasteiger partial charge in [0.2, 0.25) is 10.0 Å². The zero-order valence-electron chi connectivity index (χ0n) is 17.0. The van der Waals surface area contributed by atoms with Crippen LogP contribution < -0.4 is 5.32 Å². The zero-order valence-corrected chi connectivity index (χ0v) is 17.8. The van der Waals surface area contributed by atoms with E-state index in [1.165, 1.54) is 4.31 Å². The van der Waals surface area contributed by atoms with Crippen LogP contribution in [0.2, 0.25) is 0 Å². The van der Waals surface area contributed by atoms with Crippen LogP contribution in [0.25, 0.3) is 0 Å². The van der Waals surface area contributed by atoms with Gasteiger partial charge in [-0.15, -0.1) is 0 Å². The Morgan fingerprint density at radius 1 is 1.20 bits per heavy atom. The van der Waals surface area contributed by atoms with E-state index in [1.807, 2.05) is 0 Å². The molecular weight excluding hydrogens is 415 g/mol. The average Bonchev–Trinajstić information content (AvgIpc) is 2.75.